The van der Waals surface area contributed by atoms with Crippen LogP contribution in [0.2, 0.25) is 0 Å². The Kier molecular flexibility index (Phi) is 8.57. The molecule has 1 N–H and O–H groups in total. The van der Waals surface area contributed by atoms with Gasteiger partial charge in [-0.3, -0.25) is 0 Å². The Bertz CT molecular complexity index is 255. The Hall–Kier alpha value is -0.980. The van der Waals surface area contributed by atoms with Crippen molar-refractivity contribution in [3.63, 3.8) is 0 Å². The minimum Gasteiger partial charge on any atom is -0.384 e. The normalized spacial score (nSPS) is 12.0. The summed E-state index contributed by atoms with van der Waals surface area (Å²) in [5, 5.41) is 3.30. The van der Waals surface area contributed by atoms with Gasteiger partial charge in [-0.15, -0.1) is 0 Å². The maximum Gasteiger partial charge on any atom is 0.0373 e. The van der Waals surface area contributed by atoms with Gasteiger partial charge in [-0.25, -0.2) is 0 Å². The second-order valence-electron chi connectivity index (χ2n) is 5.80. The van der Waals surface area contributed by atoms with Crippen LogP contribution < -0.4 is 5.32 Å². The summed E-state index contributed by atoms with van der Waals surface area (Å²) >= 11 is 0. The number of benzene rings is 1. The van der Waals surface area contributed by atoms with E-state index >= 15 is 0 Å². The third-order valence-electron chi connectivity index (χ3n) is 1.73. The van der Waals surface area contributed by atoms with Gasteiger partial charge in [0.15, 0.2) is 0 Å². The molecule has 0 unspecified atom stereocenters. The zero-order valence-electron chi connectivity index (χ0n) is 12.4. The first-order chi connectivity index (χ1) is 7.93. The molecule has 0 radical (unpaired) electrons. The van der Waals surface area contributed by atoms with Crippen LogP contribution in [0.15, 0.2) is 24.3 Å². The van der Waals surface area contributed by atoms with Crippen molar-refractivity contribution in [1.29, 1.82) is 0 Å². The van der Waals surface area contributed by atoms with E-state index in [2.05, 4.69) is 71.1 Å². The lowest BCUT2D eigenvalue weighted by molar-refractivity contribution is 0.736. The third kappa shape index (κ3) is 9.92. The quantitative estimate of drug-likeness (QED) is 0.669. The van der Waals surface area contributed by atoms with E-state index in [0.29, 0.717) is 0 Å². The molecule has 1 aromatic rings. The Balaban J connectivity index is 0.000000274. The van der Waals surface area contributed by atoms with Crippen LogP contribution in [0.1, 0.15) is 47.1 Å². The molecule has 0 aliphatic carbocycles. The molecule has 0 saturated carbocycles. The summed E-state index contributed by atoms with van der Waals surface area (Å²) in [5.41, 5.74) is 2.77. The number of hydrogen-bond acceptors (Lipinski definition) is 1. The molecule has 0 bridgehead atoms. The molecule has 0 fully saturated rings. The van der Waals surface area contributed by atoms with E-state index in [1.165, 1.54) is 17.7 Å². The fourth-order valence-electron chi connectivity index (χ4n) is 1.24. The Morgan fingerprint density at radius 2 is 1.35 bits per heavy atom. The molecule has 0 amide bonds. The van der Waals surface area contributed by atoms with Crippen molar-refractivity contribution in [1.82, 2.24) is 0 Å². The van der Waals surface area contributed by atoms with Crippen LogP contribution >= 0.6 is 0 Å². The molecule has 0 aromatic heterocycles. The van der Waals surface area contributed by atoms with Crippen LogP contribution in [0.3, 0.4) is 0 Å². The van der Waals surface area contributed by atoms with Crippen molar-refractivity contribution < 1.29 is 0 Å². The van der Waals surface area contributed by atoms with E-state index in [-0.39, 0.29) is 0 Å². The Morgan fingerprint density at radius 3 is 1.82 bits per heavy atom. The van der Waals surface area contributed by atoms with Gasteiger partial charge in [0.2, 0.25) is 0 Å². The number of hydrogen-bond donors (Lipinski definition) is 1. The number of rotatable bonds is 0. The number of para-hydroxylation sites is 1. The zero-order chi connectivity index (χ0) is 13.3. The first kappa shape index (κ1) is 16.0. The van der Waals surface area contributed by atoms with Crippen molar-refractivity contribution in [2.45, 2.75) is 48.0 Å². The van der Waals surface area contributed by atoms with E-state index in [4.69, 9.17) is 0 Å². The molecule has 1 aliphatic heterocycles. The molecule has 0 spiro atoms. The van der Waals surface area contributed by atoms with E-state index in [0.717, 1.165) is 18.4 Å². The van der Waals surface area contributed by atoms with Gasteiger partial charge in [0.1, 0.15) is 0 Å². The maximum absolute atomic E-state index is 3.30. The van der Waals surface area contributed by atoms with Crippen molar-refractivity contribution in [3.05, 3.63) is 29.8 Å². The van der Waals surface area contributed by atoms with E-state index in [9.17, 15) is 0 Å². The Labute approximate surface area is 108 Å². The van der Waals surface area contributed by atoms with E-state index in [1.807, 2.05) is 0 Å². The van der Waals surface area contributed by atoms with Gasteiger partial charge < -0.3 is 5.32 Å². The smallest absolute Gasteiger partial charge is 0.0373 e. The Morgan fingerprint density at radius 1 is 0.882 bits per heavy atom. The summed E-state index contributed by atoms with van der Waals surface area (Å²) in [6.45, 7) is 14.1. The average Bonchev–Trinajstić information content (AvgIpc) is 2.62. The van der Waals surface area contributed by atoms with Crippen molar-refractivity contribution >= 4 is 5.69 Å². The van der Waals surface area contributed by atoms with Crippen molar-refractivity contribution in [3.8, 4) is 0 Å². The molecule has 0 atom stereocenters. The van der Waals surface area contributed by atoms with Gasteiger partial charge in [0.05, 0.1) is 0 Å². The highest BCUT2D eigenvalue weighted by atomic mass is 14.9. The molecular formula is C16H29N. The van der Waals surface area contributed by atoms with Crippen molar-refractivity contribution in [2.24, 2.45) is 11.8 Å². The van der Waals surface area contributed by atoms with Gasteiger partial charge in [-0.05, 0) is 29.9 Å². The highest BCUT2D eigenvalue weighted by Crippen LogP contribution is 2.19. The molecule has 2 rings (SSSR count). The molecule has 1 heterocycles. The van der Waals surface area contributed by atoms with Crippen LogP contribution in [0.5, 0.6) is 0 Å². The molecule has 17 heavy (non-hydrogen) atoms. The molecule has 98 valence electrons. The number of fused-ring (bicyclic) bond motifs is 1. The van der Waals surface area contributed by atoms with E-state index < -0.39 is 0 Å². The third-order valence-corrected chi connectivity index (χ3v) is 1.73. The molecule has 1 aromatic carbocycles. The topological polar surface area (TPSA) is 12.0 Å². The summed E-state index contributed by atoms with van der Waals surface area (Å²) in [4.78, 5) is 0. The van der Waals surface area contributed by atoms with Gasteiger partial charge >= 0.3 is 0 Å². The number of nitrogens with one attached hydrogen (secondary N) is 1. The van der Waals surface area contributed by atoms with Gasteiger partial charge in [0.25, 0.3) is 0 Å². The summed E-state index contributed by atoms with van der Waals surface area (Å²) in [6, 6.07) is 8.46. The first-order valence-electron chi connectivity index (χ1n) is 6.75. The standard InChI is InChI=1S/C8H9N.2C4H10/c1-2-4-8-7(3-1)5-6-9-8;2*1-4(2)3/h1-4,9H,5-6H2;2*4H,1-3H3. The maximum atomic E-state index is 3.30. The lowest BCUT2D eigenvalue weighted by Gasteiger charge is -1.94. The van der Waals surface area contributed by atoms with E-state index in [1.54, 1.807) is 0 Å². The SMILES string of the molecule is CC(C)C.CC(C)C.c1ccc2c(c1)CCN2. The second kappa shape index (κ2) is 9.09. The zero-order valence-corrected chi connectivity index (χ0v) is 12.4. The lowest BCUT2D eigenvalue weighted by atomic mass is 10.2. The highest BCUT2D eigenvalue weighted by Gasteiger charge is 2.05. The first-order valence-corrected chi connectivity index (χ1v) is 6.75. The fourth-order valence-corrected chi connectivity index (χ4v) is 1.24. The summed E-state index contributed by atoms with van der Waals surface area (Å²) in [7, 11) is 0. The summed E-state index contributed by atoms with van der Waals surface area (Å²) < 4.78 is 0. The largest absolute Gasteiger partial charge is 0.384 e. The van der Waals surface area contributed by atoms with Gasteiger partial charge in [0, 0.05) is 12.2 Å². The summed E-state index contributed by atoms with van der Waals surface area (Å²) in [6.07, 6.45) is 1.19. The van der Waals surface area contributed by atoms with Crippen molar-refractivity contribution in [2.75, 3.05) is 11.9 Å². The number of anilines is 1. The van der Waals surface area contributed by atoms with Crippen LogP contribution in [-0.4, -0.2) is 6.54 Å². The molecule has 1 nitrogen and oxygen atoms in total. The van der Waals surface area contributed by atoms with Gasteiger partial charge in [-0.2, -0.15) is 0 Å². The predicted octanol–water partition coefficient (Wildman–Crippen LogP) is 4.98. The minimum atomic E-state index is 0.833. The van der Waals surface area contributed by atoms with Gasteiger partial charge in [-0.1, -0.05) is 59.7 Å². The molecule has 0 saturated heterocycles. The predicted molar refractivity (Wildman–Crippen MR) is 79.7 cm³/mol. The molecule has 1 aliphatic rings. The van der Waals surface area contributed by atoms with Crippen LogP contribution in [0.25, 0.3) is 0 Å². The van der Waals surface area contributed by atoms with Crippen LogP contribution in [0, 0.1) is 11.8 Å². The summed E-state index contributed by atoms with van der Waals surface area (Å²) in [5.74, 6) is 1.67. The lowest BCUT2D eigenvalue weighted by Crippen LogP contribution is -1.90. The molecule has 1 heteroatoms. The minimum absolute atomic E-state index is 0.833. The average molecular weight is 235 g/mol. The fraction of sp³-hybridized carbons (Fsp3) is 0.625. The monoisotopic (exact) mass is 235 g/mol. The highest BCUT2D eigenvalue weighted by molar-refractivity contribution is 5.54. The van der Waals surface area contributed by atoms with Crippen LogP contribution in [0.4, 0.5) is 5.69 Å². The second-order valence-corrected chi connectivity index (χ2v) is 5.80. The van der Waals surface area contributed by atoms with Crippen LogP contribution in [-0.2, 0) is 6.42 Å². The molecular weight excluding hydrogens is 206 g/mol.